The Kier molecular flexibility index (Phi) is 4.61. The maximum atomic E-state index is 14.2. The van der Waals surface area contributed by atoms with E-state index < -0.39 is 34.7 Å². The monoisotopic (exact) mass is 427 g/mol. The van der Waals surface area contributed by atoms with Crippen LogP contribution < -0.4 is 4.90 Å². The number of hydrogen-bond acceptors (Lipinski definition) is 4. The minimum atomic E-state index is -2.95. The van der Waals surface area contributed by atoms with Crippen molar-refractivity contribution in [3.63, 3.8) is 0 Å². The van der Waals surface area contributed by atoms with Crippen molar-refractivity contribution >= 4 is 44.3 Å². The summed E-state index contributed by atoms with van der Waals surface area (Å²) >= 11 is 8.58. The molecule has 3 rings (SSSR count). The molecule has 1 aromatic heterocycles. The van der Waals surface area contributed by atoms with Gasteiger partial charge in [0.2, 0.25) is 5.28 Å². The Bertz CT molecular complexity index is 809. The second-order valence-electron chi connectivity index (χ2n) is 5.63. The first-order valence-electron chi connectivity index (χ1n) is 6.99. The number of aliphatic hydroxyl groups is 1. The van der Waals surface area contributed by atoms with Crippen LogP contribution in [-0.2, 0) is 0 Å². The van der Waals surface area contributed by atoms with Crippen LogP contribution in [-0.4, -0.2) is 40.2 Å². The summed E-state index contributed by atoms with van der Waals surface area (Å²) in [6.45, 7) is -0.136. The lowest BCUT2D eigenvalue weighted by Crippen LogP contribution is -2.53. The number of β-amino-alcohol motifs (C(OH)–C–C–N with tert-alkyl or cyclic N) is 1. The Hall–Kier alpha value is -1.19. The molecule has 1 fully saturated rings. The van der Waals surface area contributed by atoms with Gasteiger partial charge in [-0.05, 0) is 46.4 Å². The van der Waals surface area contributed by atoms with Crippen LogP contribution in [0.1, 0.15) is 12.8 Å². The Morgan fingerprint density at radius 3 is 2.71 bits per heavy atom. The van der Waals surface area contributed by atoms with Gasteiger partial charge in [-0.3, -0.25) is 0 Å². The van der Waals surface area contributed by atoms with E-state index >= 15 is 0 Å². The van der Waals surface area contributed by atoms with Crippen LogP contribution in [0.5, 0.6) is 0 Å². The van der Waals surface area contributed by atoms with Gasteiger partial charge < -0.3 is 10.0 Å². The maximum Gasteiger partial charge on any atom is 0.268 e. The zero-order valence-electron chi connectivity index (χ0n) is 12.0. The summed E-state index contributed by atoms with van der Waals surface area (Å²) < 4.78 is 53.9. The van der Waals surface area contributed by atoms with Crippen LogP contribution in [0, 0.1) is 11.6 Å². The molecule has 1 unspecified atom stereocenters. The molecule has 0 saturated carbocycles. The van der Waals surface area contributed by atoms with E-state index in [1.165, 1.54) is 4.90 Å². The van der Waals surface area contributed by atoms with Crippen molar-refractivity contribution in [1.82, 2.24) is 9.97 Å². The highest BCUT2D eigenvalue weighted by molar-refractivity contribution is 9.10. The van der Waals surface area contributed by atoms with E-state index in [-0.39, 0.29) is 41.4 Å². The van der Waals surface area contributed by atoms with Gasteiger partial charge in [-0.15, -0.1) is 0 Å². The van der Waals surface area contributed by atoms with Gasteiger partial charge in [-0.25, -0.2) is 22.5 Å². The first-order valence-corrected chi connectivity index (χ1v) is 8.16. The standard InChI is InChI=1S/C14H11BrClF4N3O/c15-8-7(17)4-6-10(9(8)18)21-13(16)22-11(6)23-3-1-2-14(24,5-23)12(19)20/h4,12,24H,1-3,5H2. The number of anilines is 1. The van der Waals surface area contributed by atoms with Gasteiger partial charge >= 0.3 is 0 Å². The molecule has 130 valence electrons. The minimum Gasteiger partial charge on any atom is -0.382 e. The molecule has 24 heavy (non-hydrogen) atoms. The second kappa shape index (κ2) is 6.27. The number of alkyl halides is 2. The Balaban J connectivity index is 2.16. The molecule has 4 nitrogen and oxygen atoms in total. The molecule has 0 aliphatic carbocycles. The van der Waals surface area contributed by atoms with Gasteiger partial charge in [0.25, 0.3) is 6.43 Å². The molecule has 2 aromatic rings. The molecule has 1 aliphatic rings. The largest absolute Gasteiger partial charge is 0.382 e. The molecule has 0 bridgehead atoms. The number of aromatic nitrogens is 2. The molecule has 1 aliphatic heterocycles. The molecule has 2 heterocycles. The van der Waals surface area contributed by atoms with Crippen molar-refractivity contribution in [2.24, 2.45) is 0 Å². The zero-order chi connectivity index (χ0) is 17.6. The molecule has 10 heteroatoms. The number of fused-ring (bicyclic) bond motifs is 1. The summed E-state index contributed by atoms with van der Waals surface area (Å²) in [5.41, 5.74) is -2.45. The average Bonchev–Trinajstić information content (AvgIpc) is 2.53. The van der Waals surface area contributed by atoms with Crippen molar-refractivity contribution in [1.29, 1.82) is 0 Å². The third-order valence-electron chi connectivity index (χ3n) is 3.99. The molecule has 1 saturated heterocycles. The smallest absolute Gasteiger partial charge is 0.268 e. The van der Waals surface area contributed by atoms with Gasteiger partial charge in [0.1, 0.15) is 22.8 Å². The van der Waals surface area contributed by atoms with E-state index in [1.54, 1.807) is 0 Å². The van der Waals surface area contributed by atoms with Crippen molar-refractivity contribution < 1.29 is 22.7 Å². The molecular formula is C14H11BrClF4N3O. The summed E-state index contributed by atoms with van der Waals surface area (Å²) in [4.78, 5) is 9.03. The molecule has 0 amide bonds. The highest BCUT2D eigenvalue weighted by Gasteiger charge is 2.42. The van der Waals surface area contributed by atoms with Gasteiger partial charge in [0, 0.05) is 11.9 Å². The normalized spacial score (nSPS) is 21.8. The zero-order valence-corrected chi connectivity index (χ0v) is 14.4. The Morgan fingerprint density at radius 1 is 1.33 bits per heavy atom. The molecule has 0 radical (unpaired) electrons. The summed E-state index contributed by atoms with van der Waals surface area (Å²) in [7, 11) is 0. The summed E-state index contributed by atoms with van der Waals surface area (Å²) in [5.74, 6) is -1.83. The fraction of sp³-hybridized carbons (Fsp3) is 0.429. The maximum absolute atomic E-state index is 14.2. The average molecular weight is 429 g/mol. The van der Waals surface area contributed by atoms with Crippen molar-refractivity contribution in [2.45, 2.75) is 24.9 Å². The number of hydrogen-bond donors (Lipinski definition) is 1. The predicted octanol–water partition coefficient (Wildman–Crippen LogP) is 3.92. The minimum absolute atomic E-state index is 0.00360. The Labute approximate surface area is 147 Å². The fourth-order valence-electron chi connectivity index (χ4n) is 2.79. The topological polar surface area (TPSA) is 49.2 Å². The molecular weight excluding hydrogens is 418 g/mol. The number of benzene rings is 1. The summed E-state index contributed by atoms with van der Waals surface area (Å²) in [6, 6.07) is 1.00. The predicted molar refractivity (Wildman–Crippen MR) is 84.6 cm³/mol. The Morgan fingerprint density at radius 2 is 2.04 bits per heavy atom. The van der Waals surface area contributed by atoms with Gasteiger partial charge in [-0.1, -0.05) is 0 Å². The third-order valence-corrected chi connectivity index (χ3v) is 4.88. The van der Waals surface area contributed by atoms with Gasteiger partial charge in [-0.2, -0.15) is 4.98 Å². The third kappa shape index (κ3) is 2.93. The molecule has 0 spiro atoms. The lowest BCUT2D eigenvalue weighted by molar-refractivity contribution is -0.101. The van der Waals surface area contributed by atoms with Crippen molar-refractivity contribution in [2.75, 3.05) is 18.0 Å². The lowest BCUT2D eigenvalue weighted by Gasteiger charge is -2.39. The summed E-state index contributed by atoms with van der Waals surface area (Å²) in [6.07, 6.45) is -2.76. The van der Waals surface area contributed by atoms with Gasteiger partial charge in [0.05, 0.1) is 11.0 Å². The second-order valence-corrected chi connectivity index (χ2v) is 6.76. The van der Waals surface area contributed by atoms with Crippen LogP contribution >= 0.6 is 27.5 Å². The molecule has 1 N–H and O–H groups in total. The number of halogens is 6. The highest BCUT2D eigenvalue weighted by atomic mass is 79.9. The van der Waals surface area contributed by atoms with Crippen molar-refractivity contribution in [3.05, 3.63) is 27.5 Å². The van der Waals surface area contributed by atoms with Crippen molar-refractivity contribution in [3.8, 4) is 0 Å². The first-order chi connectivity index (χ1) is 11.2. The highest BCUT2D eigenvalue weighted by Crippen LogP contribution is 2.36. The van der Waals surface area contributed by atoms with Crippen LogP contribution in [0.2, 0.25) is 5.28 Å². The van der Waals surface area contributed by atoms with Crippen LogP contribution in [0.3, 0.4) is 0 Å². The van der Waals surface area contributed by atoms with E-state index in [0.29, 0.717) is 0 Å². The number of piperidine rings is 1. The van der Waals surface area contributed by atoms with E-state index in [2.05, 4.69) is 25.9 Å². The lowest BCUT2D eigenvalue weighted by atomic mass is 9.93. The number of rotatable bonds is 2. The van der Waals surface area contributed by atoms with Crippen LogP contribution in [0.15, 0.2) is 10.5 Å². The molecule has 1 atom stereocenters. The first kappa shape index (κ1) is 17.6. The quantitative estimate of drug-likeness (QED) is 0.447. The van der Waals surface area contributed by atoms with E-state index in [9.17, 15) is 22.7 Å². The number of nitrogens with zero attached hydrogens (tertiary/aromatic N) is 3. The van der Waals surface area contributed by atoms with Crippen LogP contribution in [0.25, 0.3) is 10.9 Å². The van der Waals surface area contributed by atoms with E-state index in [4.69, 9.17) is 11.6 Å². The molecule has 1 aromatic carbocycles. The van der Waals surface area contributed by atoms with Gasteiger partial charge in [0.15, 0.2) is 5.82 Å². The summed E-state index contributed by atoms with van der Waals surface area (Å²) in [5, 5.41) is 9.74. The fourth-order valence-corrected chi connectivity index (χ4v) is 3.26. The van der Waals surface area contributed by atoms with E-state index in [1.807, 2.05) is 0 Å². The van der Waals surface area contributed by atoms with Crippen LogP contribution in [0.4, 0.5) is 23.4 Å². The SMILES string of the molecule is OC1(C(F)F)CCCN(c2nc(Cl)nc3c(F)c(Br)c(F)cc23)C1. The van der Waals surface area contributed by atoms with E-state index in [0.717, 1.165) is 6.07 Å².